The van der Waals surface area contributed by atoms with E-state index in [1.54, 1.807) is 12.1 Å². The van der Waals surface area contributed by atoms with E-state index >= 15 is 0 Å². The van der Waals surface area contributed by atoms with Crippen molar-refractivity contribution in [3.8, 4) is 0 Å². The summed E-state index contributed by atoms with van der Waals surface area (Å²) in [6, 6.07) is 19.2. The summed E-state index contributed by atoms with van der Waals surface area (Å²) in [6.45, 7) is 3.19. The fourth-order valence-corrected chi connectivity index (χ4v) is 4.06. The number of furan rings is 1. The molecule has 36 heavy (non-hydrogen) atoms. The predicted molar refractivity (Wildman–Crippen MR) is 131 cm³/mol. The number of hydrogen-bond donors (Lipinski definition) is 1. The van der Waals surface area contributed by atoms with Gasteiger partial charge in [-0.25, -0.2) is 13.5 Å². The molecule has 0 aliphatic carbocycles. The zero-order valence-corrected chi connectivity index (χ0v) is 19.2. The average Bonchev–Trinajstić information content (AvgIpc) is 3.36. The monoisotopic (exact) mass is 491 g/mol. The van der Waals surface area contributed by atoms with Gasteiger partial charge < -0.3 is 19.5 Å². The molecule has 1 fully saturated rings. The van der Waals surface area contributed by atoms with E-state index in [4.69, 9.17) is 4.42 Å². The lowest BCUT2D eigenvalue weighted by Gasteiger charge is -2.36. The molecule has 184 valence electrons. The molecule has 1 aliphatic heterocycles. The minimum atomic E-state index is -0.896. The van der Waals surface area contributed by atoms with Crippen molar-refractivity contribution in [3.05, 3.63) is 106 Å². The number of hydrogen-bond acceptors (Lipinski definition) is 6. The van der Waals surface area contributed by atoms with E-state index < -0.39 is 17.5 Å². The van der Waals surface area contributed by atoms with E-state index in [9.17, 15) is 18.4 Å². The van der Waals surface area contributed by atoms with Gasteiger partial charge in [-0.05, 0) is 42.5 Å². The van der Waals surface area contributed by atoms with E-state index in [1.807, 2.05) is 18.2 Å². The molecule has 0 spiro atoms. The smallest absolute Gasteiger partial charge is 0.291 e. The highest BCUT2D eigenvalue weighted by Crippen LogP contribution is 2.19. The Morgan fingerprint density at radius 1 is 0.917 bits per heavy atom. The van der Waals surface area contributed by atoms with E-state index in [0.717, 1.165) is 38.3 Å². The Hall–Kier alpha value is -4.47. The van der Waals surface area contributed by atoms with Gasteiger partial charge in [0, 0.05) is 44.0 Å². The Labute approximate surface area is 205 Å². The van der Waals surface area contributed by atoms with Gasteiger partial charge in [-0.1, -0.05) is 18.2 Å². The first-order valence-corrected chi connectivity index (χ1v) is 11.4. The topological polar surface area (TPSA) is 83.6 Å². The van der Waals surface area contributed by atoms with Gasteiger partial charge in [-0.2, -0.15) is 5.10 Å². The molecule has 8 nitrogen and oxygen atoms in total. The van der Waals surface area contributed by atoms with Gasteiger partial charge in [-0.15, -0.1) is 0 Å². The molecular weight excluding hydrogens is 468 g/mol. The summed E-state index contributed by atoms with van der Waals surface area (Å²) in [6.07, 6.45) is 0. The molecule has 1 amide bonds. The number of amides is 1. The summed E-state index contributed by atoms with van der Waals surface area (Å²) in [5.74, 6) is -1.40. The Kier molecular flexibility index (Phi) is 6.48. The molecule has 2 aromatic heterocycles. The van der Waals surface area contributed by atoms with Crippen molar-refractivity contribution in [1.29, 1.82) is 0 Å². The van der Waals surface area contributed by atoms with E-state index in [2.05, 4.69) is 32.3 Å². The van der Waals surface area contributed by atoms with Gasteiger partial charge in [0.15, 0.2) is 5.76 Å². The van der Waals surface area contributed by atoms with Gasteiger partial charge in [0.2, 0.25) is 0 Å². The summed E-state index contributed by atoms with van der Waals surface area (Å²) in [5.41, 5.74) is 0.699. The van der Waals surface area contributed by atoms with E-state index in [-0.39, 0.29) is 23.6 Å². The Morgan fingerprint density at radius 2 is 1.67 bits per heavy atom. The minimum absolute atomic E-state index is 0.0227. The molecule has 2 aromatic carbocycles. The summed E-state index contributed by atoms with van der Waals surface area (Å²) in [7, 11) is 0. The third-order valence-corrected chi connectivity index (χ3v) is 5.95. The number of carbonyl (C=O) groups excluding carboxylic acids is 1. The molecule has 0 unspecified atom stereocenters. The lowest BCUT2D eigenvalue weighted by molar-refractivity contribution is 0.0994. The summed E-state index contributed by atoms with van der Waals surface area (Å²) >= 11 is 0. The quantitative estimate of drug-likeness (QED) is 0.443. The summed E-state index contributed by atoms with van der Waals surface area (Å²) in [5, 5.41) is 6.84. The highest BCUT2D eigenvalue weighted by atomic mass is 19.1. The maximum absolute atomic E-state index is 13.8. The first-order chi connectivity index (χ1) is 17.5. The van der Waals surface area contributed by atoms with Crippen LogP contribution in [0.4, 0.5) is 26.0 Å². The third-order valence-electron chi connectivity index (χ3n) is 5.95. The second-order valence-corrected chi connectivity index (χ2v) is 8.34. The molecule has 1 N–H and O–H groups in total. The highest BCUT2D eigenvalue weighted by molar-refractivity contribution is 6.02. The second kappa shape index (κ2) is 10.0. The highest BCUT2D eigenvalue weighted by Gasteiger charge is 2.20. The normalized spacial score (nSPS) is 13.6. The first kappa shape index (κ1) is 23.3. The number of aromatic nitrogens is 2. The Morgan fingerprint density at radius 3 is 2.42 bits per heavy atom. The molecule has 1 saturated heterocycles. The van der Waals surface area contributed by atoms with Gasteiger partial charge in [0.05, 0.1) is 5.69 Å². The number of carbonyl (C=O) groups is 1. The van der Waals surface area contributed by atoms with Crippen molar-refractivity contribution >= 4 is 23.1 Å². The predicted octanol–water partition coefficient (Wildman–Crippen LogP) is 3.74. The van der Waals surface area contributed by atoms with Crippen LogP contribution in [0.15, 0.2) is 82.0 Å². The van der Waals surface area contributed by atoms with Crippen molar-refractivity contribution in [1.82, 2.24) is 9.78 Å². The number of halogens is 2. The molecule has 0 atom stereocenters. The zero-order chi connectivity index (χ0) is 25.1. The van der Waals surface area contributed by atoms with Crippen molar-refractivity contribution in [3.63, 3.8) is 0 Å². The lowest BCUT2D eigenvalue weighted by Crippen LogP contribution is -2.47. The van der Waals surface area contributed by atoms with Crippen LogP contribution < -0.4 is 20.7 Å². The fourth-order valence-electron chi connectivity index (χ4n) is 4.06. The van der Waals surface area contributed by atoms with Crippen LogP contribution in [0.2, 0.25) is 0 Å². The zero-order valence-electron chi connectivity index (χ0n) is 19.2. The van der Waals surface area contributed by atoms with Crippen LogP contribution in [-0.2, 0) is 6.54 Å². The number of rotatable bonds is 6. The molecule has 0 saturated carbocycles. The number of para-hydroxylation sites is 1. The Balaban J connectivity index is 1.24. The number of nitrogens with one attached hydrogen (secondary N) is 1. The van der Waals surface area contributed by atoms with Crippen LogP contribution in [0, 0.1) is 11.6 Å². The van der Waals surface area contributed by atoms with Crippen LogP contribution >= 0.6 is 0 Å². The van der Waals surface area contributed by atoms with Crippen molar-refractivity contribution < 1.29 is 18.0 Å². The standard InChI is InChI=1S/C26H23F2N5O3/c27-18-6-8-22(21(28)16-18)29-26(35)23-9-7-20(36-23)17-33-25(34)11-10-24(30-33)32-14-12-31(13-15-32)19-4-2-1-3-5-19/h1-11,16H,12-15,17H2,(H,29,35). The molecular formula is C26H23F2N5O3. The molecule has 3 heterocycles. The molecule has 4 aromatic rings. The number of anilines is 3. The average molecular weight is 491 g/mol. The second-order valence-electron chi connectivity index (χ2n) is 8.34. The molecule has 1 aliphatic rings. The van der Waals surface area contributed by atoms with Gasteiger partial charge >= 0.3 is 0 Å². The number of nitrogens with zero attached hydrogens (tertiary/aromatic N) is 4. The van der Waals surface area contributed by atoms with Crippen molar-refractivity contribution in [2.75, 3.05) is 41.3 Å². The SMILES string of the molecule is O=C(Nc1ccc(F)cc1F)c1ccc(Cn2nc(N3CCN(c4ccccc4)CC3)ccc2=O)o1. The van der Waals surface area contributed by atoms with Crippen LogP contribution in [-0.4, -0.2) is 41.9 Å². The van der Waals surface area contributed by atoms with Crippen molar-refractivity contribution in [2.24, 2.45) is 0 Å². The molecule has 0 bridgehead atoms. The molecule has 5 rings (SSSR count). The first-order valence-electron chi connectivity index (χ1n) is 11.4. The fraction of sp³-hybridized carbons (Fsp3) is 0.192. The van der Waals surface area contributed by atoms with Gasteiger partial charge in [0.25, 0.3) is 11.5 Å². The van der Waals surface area contributed by atoms with Gasteiger partial charge in [0.1, 0.15) is 29.8 Å². The maximum Gasteiger partial charge on any atom is 0.291 e. The van der Waals surface area contributed by atoms with Crippen LogP contribution in [0.3, 0.4) is 0 Å². The van der Waals surface area contributed by atoms with Crippen molar-refractivity contribution in [2.45, 2.75) is 6.54 Å². The summed E-state index contributed by atoms with van der Waals surface area (Å²) in [4.78, 5) is 29.3. The summed E-state index contributed by atoms with van der Waals surface area (Å²) < 4.78 is 33.7. The van der Waals surface area contributed by atoms with Crippen LogP contribution in [0.25, 0.3) is 0 Å². The number of benzene rings is 2. The lowest BCUT2D eigenvalue weighted by atomic mass is 10.2. The van der Waals surface area contributed by atoms with Crippen LogP contribution in [0.5, 0.6) is 0 Å². The molecule has 10 heteroatoms. The third kappa shape index (κ3) is 5.12. The maximum atomic E-state index is 13.8. The van der Waals surface area contributed by atoms with Gasteiger partial charge in [-0.3, -0.25) is 9.59 Å². The largest absolute Gasteiger partial charge is 0.454 e. The van der Waals surface area contributed by atoms with E-state index in [0.29, 0.717) is 17.6 Å². The number of piperazine rings is 1. The van der Waals surface area contributed by atoms with Crippen LogP contribution in [0.1, 0.15) is 16.3 Å². The molecule has 0 radical (unpaired) electrons. The van der Waals surface area contributed by atoms with E-state index in [1.165, 1.54) is 22.5 Å². The minimum Gasteiger partial charge on any atom is -0.454 e. The Bertz CT molecular complexity index is 1430.